The molecule has 1 heterocycles. The van der Waals surface area contributed by atoms with Gasteiger partial charge >= 0.3 is 0 Å². The van der Waals surface area contributed by atoms with Crippen molar-refractivity contribution in [2.45, 2.75) is 40.7 Å². The quantitative estimate of drug-likeness (QED) is 0.896. The van der Waals surface area contributed by atoms with Gasteiger partial charge in [-0.25, -0.2) is 4.98 Å². The molecule has 4 nitrogen and oxygen atoms in total. The van der Waals surface area contributed by atoms with Crippen molar-refractivity contribution >= 4 is 17.4 Å². The molecule has 1 rings (SSSR count). The van der Waals surface area contributed by atoms with Crippen molar-refractivity contribution in [3.05, 3.63) is 18.3 Å². The van der Waals surface area contributed by atoms with Crippen molar-refractivity contribution in [1.82, 2.24) is 4.98 Å². The van der Waals surface area contributed by atoms with Crippen LogP contribution in [0.2, 0.25) is 0 Å². The van der Waals surface area contributed by atoms with Crippen LogP contribution in [0.5, 0.6) is 0 Å². The number of carbonyl (C=O) groups is 1. The lowest BCUT2D eigenvalue weighted by Gasteiger charge is -2.25. The molecule has 100 valence electrons. The van der Waals surface area contributed by atoms with Crippen LogP contribution in [0.25, 0.3) is 0 Å². The van der Waals surface area contributed by atoms with E-state index in [0.29, 0.717) is 6.04 Å². The predicted octanol–water partition coefficient (Wildman–Crippen LogP) is 2.91. The first-order chi connectivity index (χ1) is 8.21. The minimum Gasteiger partial charge on any atom is -0.368 e. The summed E-state index contributed by atoms with van der Waals surface area (Å²) < 4.78 is 0. The van der Waals surface area contributed by atoms with Crippen LogP contribution in [-0.4, -0.2) is 24.0 Å². The SMILES string of the molecule is CC(C)Nc1ccc(N(C)C(=O)C(C)(C)C)cn1. The number of anilines is 2. The molecule has 0 aromatic carbocycles. The maximum atomic E-state index is 12.1. The summed E-state index contributed by atoms with van der Waals surface area (Å²) in [5, 5.41) is 3.22. The summed E-state index contributed by atoms with van der Waals surface area (Å²) in [5.74, 6) is 0.902. The number of carbonyl (C=O) groups excluding carboxylic acids is 1. The number of hydrogen-bond acceptors (Lipinski definition) is 3. The number of aromatic nitrogens is 1. The summed E-state index contributed by atoms with van der Waals surface area (Å²) in [4.78, 5) is 18.1. The van der Waals surface area contributed by atoms with Gasteiger partial charge in [0.1, 0.15) is 5.82 Å². The number of hydrogen-bond donors (Lipinski definition) is 1. The molecule has 0 aliphatic rings. The normalized spacial score (nSPS) is 11.5. The Hall–Kier alpha value is -1.58. The molecule has 1 N–H and O–H groups in total. The second-order valence-electron chi connectivity index (χ2n) is 5.81. The molecule has 0 radical (unpaired) electrons. The highest BCUT2D eigenvalue weighted by atomic mass is 16.2. The van der Waals surface area contributed by atoms with E-state index >= 15 is 0 Å². The molecule has 4 heteroatoms. The van der Waals surface area contributed by atoms with Crippen molar-refractivity contribution < 1.29 is 4.79 Å². The maximum Gasteiger partial charge on any atom is 0.232 e. The van der Waals surface area contributed by atoms with E-state index in [2.05, 4.69) is 24.1 Å². The Labute approximate surface area is 109 Å². The lowest BCUT2D eigenvalue weighted by atomic mass is 9.95. The monoisotopic (exact) mass is 249 g/mol. The third-order valence-electron chi connectivity index (χ3n) is 2.52. The van der Waals surface area contributed by atoms with E-state index in [-0.39, 0.29) is 11.3 Å². The van der Waals surface area contributed by atoms with Crippen molar-refractivity contribution in [3.8, 4) is 0 Å². The Bertz CT molecular complexity index is 404. The van der Waals surface area contributed by atoms with E-state index in [1.807, 2.05) is 32.9 Å². The van der Waals surface area contributed by atoms with Gasteiger partial charge in [0.25, 0.3) is 0 Å². The zero-order chi connectivity index (χ0) is 13.9. The van der Waals surface area contributed by atoms with Crippen LogP contribution in [0.4, 0.5) is 11.5 Å². The first-order valence-electron chi connectivity index (χ1n) is 6.22. The van der Waals surface area contributed by atoms with Crippen LogP contribution in [0.1, 0.15) is 34.6 Å². The van der Waals surface area contributed by atoms with Gasteiger partial charge in [-0.15, -0.1) is 0 Å². The molecule has 1 amide bonds. The van der Waals surface area contributed by atoms with Gasteiger partial charge in [-0.1, -0.05) is 20.8 Å². The molecular formula is C14H23N3O. The zero-order valence-corrected chi connectivity index (χ0v) is 12.1. The van der Waals surface area contributed by atoms with Gasteiger partial charge in [0, 0.05) is 18.5 Å². The molecule has 0 saturated carbocycles. The topological polar surface area (TPSA) is 45.2 Å². The highest BCUT2D eigenvalue weighted by Crippen LogP contribution is 2.22. The highest BCUT2D eigenvalue weighted by molar-refractivity contribution is 5.96. The Morgan fingerprint density at radius 2 is 1.94 bits per heavy atom. The molecule has 1 aromatic heterocycles. The fourth-order valence-electron chi connectivity index (χ4n) is 1.59. The third-order valence-corrected chi connectivity index (χ3v) is 2.52. The molecule has 0 fully saturated rings. The summed E-state index contributed by atoms with van der Waals surface area (Å²) in [6.07, 6.45) is 1.72. The largest absolute Gasteiger partial charge is 0.368 e. The van der Waals surface area contributed by atoms with E-state index in [9.17, 15) is 4.79 Å². The first kappa shape index (κ1) is 14.5. The van der Waals surface area contributed by atoms with E-state index < -0.39 is 0 Å². The molecule has 0 aliphatic carbocycles. The standard InChI is InChI=1S/C14H23N3O/c1-10(2)16-12-8-7-11(9-15-12)17(6)13(18)14(3,4)5/h7-10H,1-6H3,(H,15,16). The van der Waals surface area contributed by atoms with E-state index in [1.165, 1.54) is 0 Å². The fourth-order valence-corrected chi connectivity index (χ4v) is 1.59. The minimum atomic E-state index is -0.385. The maximum absolute atomic E-state index is 12.1. The highest BCUT2D eigenvalue weighted by Gasteiger charge is 2.25. The number of nitrogens with one attached hydrogen (secondary N) is 1. The van der Waals surface area contributed by atoms with Gasteiger partial charge in [-0.05, 0) is 26.0 Å². The zero-order valence-electron chi connectivity index (χ0n) is 12.1. The van der Waals surface area contributed by atoms with E-state index in [1.54, 1.807) is 18.1 Å². The summed E-state index contributed by atoms with van der Waals surface area (Å²) in [5.41, 5.74) is 0.424. The number of rotatable bonds is 3. The first-order valence-corrected chi connectivity index (χ1v) is 6.22. The molecule has 18 heavy (non-hydrogen) atoms. The average Bonchev–Trinajstić information content (AvgIpc) is 2.26. The third kappa shape index (κ3) is 3.72. The molecule has 1 aromatic rings. The van der Waals surface area contributed by atoms with Crippen LogP contribution in [0.15, 0.2) is 18.3 Å². The second-order valence-corrected chi connectivity index (χ2v) is 5.81. The molecule has 0 saturated heterocycles. The molecule has 0 aliphatic heterocycles. The van der Waals surface area contributed by atoms with Crippen molar-refractivity contribution in [2.24, 2.45) is 5.41 Å². The molecule has 0 unspecified atom stereocenters. The Balaban J connectivity index is 2.82. The number of amides is 1. The van der Waals surface area contributed by atoms with Crippen molar-refractivity contribution in [2.75, 3.05) is 17.3 Å². The van der Waals surface area contributed by atoms with Crippen LogP contribution in [-0.2, 0) is 4.79 Å². The number of nitrogens with zero attached hydrogens (tertiary/aromatic N) is 2. The molecule has 0 spiro atoms. The Morgan fingerprint density at radius 3 is 2.33 bits per heavy atom. The number of pyridine rings is 1. The lowest BCUT2D eigenvalue weighted by Crippen LogP contribution is -2.36. The van der Waals surface area contributed by atoms with Gasteiger partial charge in [0.05, 0.1) is 11.9 Å². The van der Waals surface area contributed by atoms with Gasteiger partial charge in [0.15, 0.2) is 0 Å². The lowest BCUT2D eigenvalue weighted by molar-refractivity contribution is -0.125. The van der Waals surface area contributed by atoms with Crippen molar-refractivity contribution in [3.63, 3.8) is 0 Å². The Morgan fingerprint density at radius 1 is 1.33 bits per heavy atom. The molecular weight excluding hydrogens is 226 g/mol. The van der Waals surface area contributed by atoms with E-state index in [0.717, 1.165) is 11.5 Å². The molecule has 0 bridgehead atoms. The molecule has 0 atom stereocenters. The summed E-state index contributed by atoms with van der Waals surface area (Å²) in [7, 11) is 1.78. The minimum absolute atomic E-state index is 0.0777. The fraction of sp³-hybridized carbons (Fsp3) is 0.571. The summed E-state index contributed by atoms with van der Waals surface area (Å²) in [6.45, 7) is 9.85. The predicted molar refractivity (Wildman–Crippen MR) is 75.9 cm³/mol. The van der Waals surface area contributed by atoms with Crippen LogP contribution >= 0.6 is 0 Å². The summed E-state index contributed by atoms with van der Waals surface area (Å²) in [6, 6.07) is 4.14. The van der Waals surface area contributed by atoms with Crippen LogP contribution in [0, 0.1) is 5.41 Å². The van der Waals surface area contributed by atoms with Crippen LogP contribution < -0.4 is 10.2 Å². The summed E-state index contributed by atoms with van der Waals surface area (Å²) >= 11 is 0. The Kier molecular flexibility index (Phi) is 4.33. The van der Waals surface area contributed by atoms with Gasteiger partial charge in [0.2, 0.25) is 5.91 Å². The van der Waals surface area contributed by atoms with Crippen LogP contribution in [0.3, 0.4) is 0 Å². The second kappa shape index (κ2) is 5.38. The van der Waals surface area contributed by atoms with Gasteiger partial charge < -0.3 is 10.2 Å². The average molecular weight is 249 g/mol. The van der Waals surface area contributed by atoms with Gasteiger partial charge in [-0.2, -0.15) is 0 Å². The van der Waals surface area contributed by atoms with Crippen molar-refractivity contribution in [1.29, 1.82) is 0 Å². The van der Waals surface area contributed by atoms with E-state index in [4.69, 9.17) is 0 Å². The van der Waals surface area contributed by atoms with Gasteiger partial charge in [-0.3, -0.25) is 4.79 Å². The smallest absolute Gasteiger partial charge is 0.232 e.